The molecule has 0 saturated carbocycles. The van der Waals surface area contributed by atoms with Gasteiger partial charge in [-0.1, -0.05) is 0 Å². The Kier molecular flexibility index (Phi) is 3.94. The molecule has 0 fully saturated rings. The SMILES string of the molecule is COC(=O)[C@H](CO)NO. The average Bonchev–Trinajstić information content (AvgIpc) is 1.90. The lowest BCUT2D eigenvalue weighted by Crippen LogP contribution is -2.38. The molecule has 0 amide bonds. The average molecular weight is 135 g/mol. The molecule has 5 heteroatoms. The van der Waals surface area contributed by atoms with E-state index in [1.54, 1.807) is 5.48 Å². The van der Waals surface area contributed by atoms with E-state index in [0.717, 1.165) is 0 Å². The normalized spacial score (nSPS) is 12.8. The lowest BCUT2D eigenvalue weighted by atomic mass is 10.3. The number of nitrogens with one attached hydrogen (secondary N) is 1. The van der Waals surface area contributed by atoms with E-state index in [9.17, 15) is 4.79 Å². The van der Waals surface area contributed by atoms with Gasteiger partial charge in [-0.25, -0.2) is 0 Å². The van der Waals surface area contributed by atoms with Crippen LogP contribution >= 0.6 is 0 Å². The minimum absolute atomic E-state index is 0.483. The van der Waals surface area contributed by atoms with Crippen LogP contribution in [0.1, 0.15) is 0 Å². The molecule has 0 spiro atoms. The molecule has 0 radical (unpaired) electrons. The standard InChI is InChI=1S/C4H9NO4/c1-9-4(7)3(2-6)5-8/h3,5-6,8H,2H2,1H3/t3-/m0/s1. The van der Waals surface area contributed by atoms with Crippen molar-refractivity contribution < 1.29 is 19.8 Å². The fraction of sp³-hybridized carbons (Fsp3) is 0.750. The number of carbonyl (C=O) groups excluding carboxylic acids is 1. The van der Waals surface area contributed by atoms with Gasteiger partial charge in [0.25, 0.3) is 0 Å². The van der Waals surface area contributed by atoms with Gasteiger partial charge >= 0.3 is 5.97 Å². The zero-order valence-corrected chi connectivity index (χ0v) is 5.00. The fourth-order valence-corrected chi connectivity index (χ4v) is 0.310. The summed E-state index contributed by atoms with van der Waals surface area (Å²) in [6.45, 7) is -0.483. The Morgan fingerprint density at radius 1 is 1.89 bits per heavy atom. The molecular weight excluding hydrogens is 126 g/mol. The molecule has 0 saturated heterocycles. The number of hydrogen-bond acceptors (Lipinski definition) is 5. The molecule has 54 valence electrons. The van der Waals surface area contributed by atoms with Gasteiger partial charge in [0.1, 0.15) is 0 Å². The molecule has 0 aromatic rings. The van der Waals surface area contributed by atoms with E-state index in [4.69, 9.17) is 10.3 Å². The lowest BCUT2D eigenvalue weighted by Gasteiger charge is -2.07. The molecule has 0 aliphatic carbocycles. The van der Waals surface area contributed by atoms with Crippen LogP contribution in [0.15, 0.2) is 0 Å². The highest BCUT2D eigenvalue weighted by Gasteiger charge is 2.15. The van der Waals surface area contributed by atoms with Crippen molar-refractivity contribution in [3.63, 3.8) is 0 Å². The largest absolute Gasteiger partial charge is 0.468 e. The summed E-state index contributed by atoms with van der Waals surface area (Å²) >= 11 is 0. The van der Waals surface area contributed by atoms with Gasteiger partial charge in [0.2, 0.25) is 0 Å². The van der Waals surface area contributed by atoms with Crippen LogP contribution in [0.2, 0.25) is 0 Å². The smallest absolute Gasteiger partial charge is 0.327 e. The summed E-state index contributed by atoms with van der Waals surface area (Å²) in [5.41, 5.74) is 1.58. The summed E-state index contributed by atoms with van der Waals surface area (Å²) in [4.78, 5) is 10.4. The second-order valence-electron chi connectivity index (χ2n) is 1.39. The van der Waals surface area contributed by atoms with Gasteiger partial charge in [0.05, 0.1) is 13.7 Å². The van der Waals surface area contributed by atoms with Gasteiger partial charge in [-0.2, -0.15) is 5.48 Å². The first kappa shape index (κ1) is 8.35. The number of aliphatic hydroxyl groups excluding tert-OH is 1. The van der Waals surface area contributed by atoms with E-state index in [1.807, 2.05) is 0 Å². The number of aliphatic hydroxyl groups is 1. The maximum Gasteiger partial charge on any atom is 0.327 e. The van der Waals surface area contributed by atoms with E-state index < -0.39 is 18.6 Å². The molecular formula is C4H9NO4. The lowest BCUT2D eigenvalue weighted by molar-refractivity contribution is -0.147. The summed E-state index contributed by atoms with van der Waals surface area (Å²) in [6, 6.07) is -1.03. The number of esters is 1. The highest BCUT2D eigenvalue weighted by molar-refractivity contribution is 5.75. The second-order valence-corrected chi connectivity index (χ2v) is 1.39. The van der Waals surface area contributed by atoms with Crippen molar-refractivity contribution in [1.29, 1.82) is 0 Å². The quantitative estimate of drug-likeness (QED) is 0.324. The Bertz CT molecular complexity index is 90.6. The number of hydrogen-bond donors (Lipinski definition) is 3. The van der Waals surface area contributed by atoms with Crippen LogP contribution in [-0.4, -0.2) is 36.0 Å². The third-order valence-corrected chi connectivity index (χ3v) is 0.824. The van der Waals surface area contributed by atoms with Gasteiger partial charge < -0.3 is 15.1 Å². The van der Waals surface area contributed by atoms with Crippen LogP contribution in [0.5, 0.6) is 0 Å². The molecule has 9 heavy (non-hydrogen) atoms. The van der Waals surface area contributed by atoms with E-state index >= 15 is 0 Å². The molecule has 0 heterocycles. The van der Waals surface area contributed by atoms with Crippen molar-refractivity contribution in [2.24, 2.45) is 0 Å². The summed E-state index contributed by atoms with van der Waals surface area (Å²) in [5.74, 6) is -0.694. The molecule has 0 rings (SSSR count). The zero-order valence-electron chi connectivity index (χ0n) is 5.00. The number of methoxy groups -OCH3 is 1. The molecule has 5 nitrogen and oxygen atoms in total. The maximum absolute atomic E-state index is 10.4. The summed E-state index contributed by atoms with van der Waals surface area (Å²) in [7, 11) is 1.17. The number of ether oxygens (including phenoxy) is 1. The molecule has 0 aliphatic heterocycles. The second kappa shape index (κ2) is 4.25. The molecule has 0 aliphatic rings. The van der Waals surface area contributed by atoms with Crippen molar-refractivity contribution in [3.8, 4) is 0 Å². The van der Waals surface area contributed by atoms with Gasteiger partial charge in [-0.3, -0.25) is 4.79 Å². The Morgan fingerprint density at radius 2 is 2.44 bits per heavy atom. The van der Waals surface area contributed by atoms with Gasteiger partial charge in [-0.05, 0) is 0 Å². The molecule has 0 aromatic heterocycles. The molecule has 0 unspecified atom stereocenters. The van der Waals surface area contributed by atoms with Crippen LogP contribution in [-0.2, 0) is 9.53 Å². The van der Waals surface area contributed by atoms with Crippen LogP contribution in [0.25, 0.3) is 0 Å². The topological polar surface area (TPSA) is 78.8 Å². The zero-order chi connectivity index (χ0) is 7.28. The predicted molar refractivity (Wildman–Crippen MR) is 27.8 cm³/mol. The predicted octanol–water partition coefficient (Wildman–Crippen LogP) is -1.50. The van der Waals surface area contributed by atoms with E-state index in [2.05, 4.69) is 4.74 Å². The van der Waals surface area contributed by atoms with Crippen LogP contribution in [0.4, 0.5) is 0 Å². The Balaban J connectivity index is 3.64. The minimum atomic E-state index is -1.03. The minimum Gasteiger partial charge on any atom is -0.468 e. The van der Waals surface area contributed by atoms with Crippen LogP contribution in [0, 0.1) is 0 Å². The highest BCUT2D eigenvalue weighted by atomic mass is 16.5. The van der Waals surface area contributed by atoms with Gasteiger partial charge in [0.15, 0.2) is 6.04 Å². The Labute approximate surface area is 52.2 Å². The first-order valence-corrected chi connectivity index (χ1v) is 2.34. The third kappa shape index (κ3) is 2.41. The van der Waals surface area contributed by atoms with E-state index in [0.29, 0.717) is 0 Å². The van der Waals surface area contributed by atoms with Crippen molar-refractivity contribution in [2.45, 2.75) is 6.04 Å². The van der Waals surface area contributed by atoms with Crippen molar-refractivity contribution in [2.75, 3.05) is 13.7 Å². The van der Waals surface area contributed by atoms with Gasteiger partial charge in [-0.15, -0.1) is 0 Å². The van der Waals surface area contributed by atoms with E-state index in [-0.39, 0.29) is 0 Å². The molecule has 3 N–H and O–H groups in total. The van der Waals surface area contributed by atoms with Gasteiger partial charge in [0, 0.05) is 0 Å². The van der Waals surface area contributed by atoms with E-state index in [1.165, 1.54) is 7.11 Å². The number of rotatable bonds is 3. The fourth-order valence-electron chi connectivity index (χ4n) is 0.310. The molecule has 0 aromatic carbocycles. The van der Waals surface area contributed by atoms with Crippen LogP contribution in [0.3, 0.4) is 0 Å². The first-order valence-electron chi connectivity index (χ1n) is 2.34. The number of hydroxylamine groups is 1. The third-order valence-electron chi connectivity index (χ3n) is 0.824. The molecule has 0 bridgehead atoms. The highest BCUT2D eigenvalue weighted by Crippen LogP contribution is 1.82. The first-order chi connectivity index (χ1) is 4.26. The maximum atomic E-state index is 10.4. The number of carbonyl (C=O) groups is 1. The Morgan fingerprint density at radius 3 is 2.56 bits per heavy atom. The van der Waals surface area contributed by atoms with Crippen LogP contribution < -0.4 is 5.48 Å². The summed E-state index contributed by atoms with van der Waals surface area (Å²) in [6.07, 6.45) is 0. The van der Waals surface area contributed by atoms with Crippen molar-refractivity contribution >= 4 is 5.97 Å². The summed E-state index contributed by atoms with van der Waals surface area (Å²) < 4.78 is 4.17. The monoisotopic (exact) mass is 135 g/mol. The van der Waals surface area contributed by atoms with Crippen molar-refractivity contribution in [3.05, 3.63) is 0 Å². The summed E-state index contributed by atoms with van der Waals surface area (Å²) in [5, 5.41) is 16.4. The Hall–Kier alpha value is -0.650. The van der Waals surface area contributed by atoms with Crippen molar-refractivity contribution in [1.82, 2.24) is 5.48 Å². The molecule has 1 atom stereocenters.